The van der Waals surface area contributed by atoms with Crippen LogP contribution in [-0.2, 0) is 17.6 Å². The first-order chi connectivity index (χ1) is 10.6. The van der Waals surface area contributed by atoms with Gasteiger partial charge in [-0.1, -0.05) is 24.3 Å². The van der Waals surface area contributed by atoms with E-state index in [4.69, 9.17) is 5.11 Å². The molecule has 0 unspecified atom stereocenters. The molecule has 0 atom stereocenters. The van der Waals surface area contributed by atoms with Crippen molar-refractivity contribution in [3.8, 4) is 0 Å². The molecule has 0 bridgehead atoms. The molecule has 0 radical (unpaired) electrons. The van der Waals surface area contributed by atoms with E-state index in [2.05, 4.69) is 22.8 Å². The molecule has 2 aromatic carbocycles. The maximum atomic E-state index is 11.9. The summed E-state index contributed by atoms with van der Waals surface area (Å²) >= 11 is 0. The predicted molar refractivity (Wildman–Crippen MR) is 85.2 cm³/mol. The average molecular weight is 298 g/mol. The van der Waals surface area contributed by atoms with E-state index in [1.165, 1.54) is 16.5 Å². The van der Waals surface area contributed by atoms with Gasteiger partial charge in [0.25, 0.3) is 0 Å². The van der Waals surface area contributed by atoms with Crippen LogP contribution in [0.3, 0.4) is 0 Å². The molecule has 22 heavy (non-hydrogen) atoms. The first-order valence-corrected chi connectivity index (χ1v) is 7.45. The second-order valence-corrected chi connectivity index (χ2v) is 5.49. The minimum atomic E-state index is -0.852. The fourth-order valence-corrected chi connectivity index (χ4v) is 2.96. The third-order valence-electron chi connectivity index (χ3n) is 3.98. The number of anilines is 1. The van der Waals surface area contributed by atoms with E-state index in [-0.39, 0.29) is 12.5 Å². The van der Waals surface area contributed by atoms with Gasteiger partial charge in [-0.3, -0.25) is 4.79 Å². The highest BCUT2D eigenvalue weighted by Gasteiger charge is 2.16. The number of carbonyl (C=O) groups excluding carboxylic acids is 1. The smallest absolute Gasteiger partial charge is 0.319 e. The Bertz CT molecular complexity index is 730. The lowest BCUT2D eigenvalue weighted by Gasteiger charge is -2.11. The van der Waals surface area contributed by atoms with Gasteiger partial charge in [-0.25, -0.2) is 4.79 Å². The lowest BCUT2D eigenvalue weighted by molar-refractivity contribution is -0.137. The second-order valence-electron chi connectivity index (χ2n) is 5.49. The molecule has 3 N–H and O–H groups in total. The van der Waals surface area contributed by atoms with Crippen molar-refractivity contribution in [2.24, 2.45) is 0 Å². The van der Waals surface area contributed by atoms with E-state index >= 15 is 0 Å². The van der Waals surface area contributed by atoms with Gasteiger partial charge in [0.1, 0.15) is 0 Å². The Morgan fingerprint density at radius 1 is 1.09 bits per heavy atom. The van der Waals surface area contributed by atoms with Crippen LogP contribution in [0.2, 0.25) is 0 Å². The number of carboxylic acid groups (broad SMARTS) is 1. The van der Waals surface area contributed by atoms with Gasteiger partial charge in [0.2, 0.25) is 0 Å². The average Bonchev–Trinajstić information content (AvgIpc) is 2.91. The van der Waals surface area contributed by atoms with Gasteiger partial charge in [-0.2, -0.15) is 0 Å². The minimum absolute atomic E-state index is 0.0568. The molecule has 2 aromatic rings. The minimum Gasteiger partial charge on any atom is -0.481 e. The summed E-state index contributed by atoms with van der Waals surface area (Å²) in [5, 5.41) is 16.4. The fourth-order valence-electron chi connectivity index (χ4n) is 2.96. The van der Waals surface area contributed by atoms with Gasteiger partial charge in [0.15, 0.2) is 0 Å². The SMILES string of the molecule is O=C(O)CCCNC(=O)Nc1ccc2c3c(cccc13)CC2. The molecular weight excluding hydrogens is 280 g/mol. The summed E-state index contributed by atoms with van der Waals surface area (Å²) in [6, 6.07) is 9.87. The van der Waals surface area contributed by atoms with E-state index in [0.29, 0.717) is 13.0 Å². The molecule has 1 aliphatic carbocycles. The molecule has 3 rings (SSSR count). The van der Waals surface area contributed by atoms with Crippen LogP contribution in [0.1, 0.15) is 24.0 Å². The Morgan fingerprint density at radius 3 is 2.64 bits per heavy atom. The van der Waals surface area contributed by atoms with Crippen molar-refractivity contribution in [3.63, 3.8) is 0 Å². The second kappa shape index (κ2) is 6.05. The molecule has 5 nitrogen and oxygen atoms in total. The molecule has 5 heteroatoms. The van der Waals surface area contributed by atoms with Crippen molar-refractivity contribution in [2.75, 3.05) is 11.9 Å². The number of aliphatic carboxylic acids is 1. The lowest BCUT2D eigenvalue weighted by Crippen LogP contribution is -2.29. The number of urea groups is 1. The summed E-state index contributed by atoms with van der Waals surface area (Å²) < 4.78 is 0. The number of hydrogen-bond acceptors (Lipinski definition) is 2. The maximum absolute atomic E-state index is 11.9. The van der Waals surface area contributed by atoms with Gasteiger partial charge in [0, 0.05) is 18.4 Å². The van der Waals surface area contributed by atoms with Gasteiger partial charge in [0.05, 0.1) is 5.69 Å². The van der Waals surface area contributed by atoms with Crippen LogP contribution in [0.25, 0.3) is 10.8 Å². The molecule has 0 aliphatic heterocycles. The molecule has 2 amide bonds. The molecule has 114 valence electrons. The first-order valence-electron chi connectivity index (χ1n) is 7.45. The van der Waals surface area contributed by atoms with Crippen LogP contribution in [0.5, 0.6) is 0 Å². The number of nitrogens with one attached hydrogen (secondary N) is 2. The van der Waals surface area contributed by atoms with Crippen molar-refractivity contribution in [3.05, 3.63) is 41.5 Å². The Balaban J connectivity index is 1.70. The number of benzene rings is 2. The molecular formula is C17H18N2O3. The molecule has 1 aliphatic rings. The zero-order valence-electron chi connectivity index (χ0n) is 12.2. The zero-order chi connectivity index (χ0) is 15.5. The fraction of sp³-hybridized carbons (Fsp3) is 0.294. The number of carboxylic acids is 1. The van der Waals surface area contributed by atoms with Crippen LogP contribution in [0, 0.1) is 0 Å². The van der Waals surface area contributed by atoms with E-state index in [0.717, 1.165) is 23.9 Å². The summed E-state index contributed by atoms with van der Waals surface area (Å²) in [4.78, 5) is 22.3. The van der Waals surface area contributed by atoms with Gasteiger partial charge >= 0.3 is 12.0 Å². The summed E-state index contributed by atoms with van der Waals surface area (Å²) in [7, 11) is 0. The third-order valence-corrected chi connectivity index (χ3v) is 3.98. The van der Waals surface area contributed by atoms with E-state index in [1.54, 1.807) is 0 Å². The number of rotatable bonds is 5. The van der Waals surface area contributed by atoms with E-state index in [1.807, 2.05) is 18.2 Å². The predicted octanol–water partition coefficient (Wildman–Crippen LogP) is 2.92. The number of hydrogen-bond donors (Lipinski definition) is 3. The number of amides is 2. The Morgan fingerprint density at radius 2 is 1.86 bits per heavy atom. The van der Waals surface area contributed by atoms with Crippen LogP contribution < -0.4 is 10.6 Å². The van der Waals surface area contributed by atoms with Crippen molar-refractivity contribution in [2.45, 2.75) is 25.7 Å². The quantitative estimate of drug-likeness (QED) is 0.743. The van der Waals surface area contributed by atoms with Gasteiger partial charge in [-0.05, 0) is 41.8 Å². The highest BCUT2D eigenvalue weighted by Crippen LogP contribution is 2.34. The van der Waals surface area contributed by atoms with Crippen molar-refractivity contribution in [1.82, 2.24) is 5.32 Å². The number of aryl methyl sites for hydroxylation is 2. The Hall–Kier alpha value is -2.56. The summed E-state index contributed by atoms with van der Waals surface area (Å²) in [5.41, 5.74) is 3.45. The largest absolute Gasteiger partial charge is 0.481 e. The van der Waals surface area contributed by atoms with E-state index in [9.17, 15) is 9.59 Å². The van der Waals surface area contributed by atoms with Gasteiger partial charge in [-0.15, -0.1) is 0 Å². The van der Waals surface area contributed by atoms with Crippen molar-refractivity contribution in [1.29, 1.82) is 0 Å². The summed E-state index contributed by atoms with van der Waals surface area (Å²) in [6.45, 7) is 0.347. The first kappa shape index (κ1) is 14.4. The summed E-state index contributed by atoms with van der Waals surface area (Å²) in [5.74, 6) is -0.852. The highest BCUT2D eigenvalue weighted by molar-refractivity contribution is 6.04. The monoisotopic (exact) mass is 298 g/mol. The Kier molecular flexibility index (Phi) is 3.96. The van der Waals surface area contributed by atoms with Crippen LogP contribution >= 0.6 is 0 Å². The summed E-state index contributed by atoms with van der Waals surface area (Å²) in [6.07, 6.45) is 2.59. The van der Waals surface area contributed by atoms with Crippen LogP contribution in [-0.4, -0.2) is 23.7 Å². The molecule has 0 heterocycles. The van der Waals surface area contributed by atoms with E-state index < -0.39 is 5.97 Å². The molecule has 0 spiro atoms. The van der Waals surface area contributed by atoms with Gasteiger partial charge < -0.3 is 15.7 Å². The normalized spacial score (nSPS) is 12.4. The third kappa shape index (κ3) is 2.88. The van der Waals surface area contributed by atoms with Crippen LogP contribution in [0.4, 0.5) is 10.5 Å². The lowest BCUT2D eigenvalue weighted by atomic mass is 10.0. The highest BCUT2D eigenvalue weighted by atomic mass is 16.4. The van der Waals surface area contributed by atoms with Crippen LogP contribution in [0.15, 0.2) is 30.3 Å². The molecule has 0 saturated carbocycles. The van der Waals surface area contributed by atoms with Crippen molar-refractivity contribution < 1.29 is 14.7 Å². The standard InChI is InChI=1S/C17H18N2O3/c20-15(21)5-2-10-18-17(22)19-14-9-8-12-7-6-11-3-1-4-13(14)16(11)12/h1,3-4,8-9H,2,5-7,10H2,(H,20,21)(H2,18,19,22). The zero-order valence-corrected chi connectivity index (χ0v) is 12.2. The molecule has 0 saturated heterocycles. The topological polar surface area (TPSA) is 78.4 Å². The van der Waals surface area contributed by atoms with Crippen molar-refractivity contribution >= 4 is 28.5 Å². The Labute approximate surface area is 128 Å². The molecule has 0 fully saturated rings. The molecule has 0 aromatic heterocycles. The number of carbonyl (C=O) groups is 2. The maximum Gasteiger partial charge on any atom is 0.319 e.